The Morgan fingerprint density at radius 3 is 2.48 bits per heavy atom. The molecule has 3 atom stereocenters. The fourth-order valence-corrected chi connectivity index (χ4v) is 4.68. The summed E-state index contributed by atoms with van der Waals surface area (Å²) in [5.41, 5.74) is 6.19. The SMILES string of the molecule is CC1CCC(N(CC2CCCO2)C(=O)C[C@@H]2CCC[C@H]2N)CC1. The van der Waals surface area contributed by atoms with E-state index in [2.05, 4.69) is 11.8 Å². The van der Waals surface area contributed by atoms with Crippen molar-refractivity contribution in [2.75, 3.05) is 13.2 Å². The average molecular weight is 322 g/mol. The maximum Gasteiger partial charge on any atom is 0.223 e. The van der Waals surface area contributed by atoms with Crippen LogP contribution in [-0.4, -0.2) is 42.1 Å². The van der Waals surface area contributed by atoms with Gasteiger partial charge in [-0.05, 0) is 63.2 Å². The van der Waals surface area contributed by atoms with Crippen LogP contribution in [0.1, 0.15) is 71.1 Å². The molecule has 2 N–H and O–H groups in total. The van der Waals surface area contributed by atoms with Crippen LogP contribution in [0.25, 0.3) is 0 Å². The van der Waals surface area contributed by atoms with Crippen LogP contribution in [-0.2, 0) is 9.53 Å². The predicted molar refractivity (Wildman–Crippen MR) is 92.0 cm³/mol. The van der Waals surface area contributed by atoms with E-state index in [0.29, 0.717) is 24.3 Å². The number of carbonyl (C=O) groups is 1. The molecule has 0 aromatic rings. The van der Waals surface area contributed by atoms with Crippen LogP contribution in [0.5, 0.6) is 0 Å². The van der Waals surface area contributed by atoms with Gasteiger partial charge in [0.2, 0.25) is 5.91 Å². The van der Waals surface area contributed by atoms with Gasteiger partial charge in [0, 0.05) is 31.7 Å². The summed E-state index contributed by atoms with van der Waals surface area (Å²) < 4.78 is 5.82. The van der Waals surface area contributed by atoms with Gasteiger partial charge in [-0.1, -0.05) is 13.3 Å². The van der Waals surface area contributed by atoms with Crippen LogP contribution in [0.15, 0.2) is 0 Å². The number of carbonyl (C=O) groups excluding carboxylic acids is 1. The van der Waals surface area contributed by atoms with Crippen molar-refractivity contribution in [1.82, 2.24) is 4.90 Å². The Labute approximate surface area is 141 Å². The lowest BCUT2D eigenvalue weighted by Crippen LogP contribution is -2.47. The highest BCUT2D eigenvalue weighted by Gasteiger charge is 2.33. The number of rotatable bonds is 5. The summed E-state index contributed by atoms with van der Waals surface area (Å²) in [4.78, 5) is 15.2. The summed E-state index contributed by atoms with van der Waals surface area (Å²) >= 11 is 0. The fraction of sp³-hybridized carbons (Fsp3) is 0.947. The largest absolute Gasteiger partial charge is 0.376 e. The smallest absolute Gasteiger partial charge is 0.223 e. The van der Waals surface area contributed by atoms with Gasteiger partial charge in [0.15, 0.2) is 0 Å². The second-order valence-corrected chi connectivity index (χ2v) is 8.15. The average Bonchev–Trinajstić information content (AvgIpc) is 3.18. The van der Waals surface area contributed by atoms with Crippen LogP contribution in [0.3, 0.4) is 0 Å². The van der Waals surface area contributed by atoms with Crippen molar-refractivity contribution in [2.45, 2.75) is 89.3 Å². The molecule has 3 aliphatic rings. The summed E-state index contributed by atoms with van der Waals surface area (Å²) in [5, 5.41) is 0. The van der Waals surface area contributed by atoms with Crippen molar-refractivity contribution in [2.24, 2.45) is 17.6 Å². The van der Waals surface area contributed by atoms with E-state index in [1.54, 1.807) is 0 Å². The van der Waals surface area contributed by atoms with Crippen molar-refractivity contribution < 1.29 is 9.53 Å². The molecule has 3 rings (SSSR count). The zero-order valence-corrected chi connectivity index (χ0v) is 14.7. The fourth-order valence-electron chi connectivity index (χ4n) is 4.68. The molecule has 1 heterocycles. The zero-order chi connectivity index (χ0) is 16.2. The Hall–Kier alpha value is -0.610. The second-order valence-electron chi connectivity index (χ2n) is 8.15. The molecule has 0 aromatic heterocycles. The zero-order valence-electron chi connectivity index (χ0n) is 14.7. The number of ether oxygens (including phenoxy) is 1. The van der Waals surface area contributed by atoms with Crippen LogP contribution in [0.4, 0.5) is 0 Å². The maximum absolute atomic E-state index is 13.0. The maximum atomic E-state index is 13.0. The van der Waals surface area contributed by atoms with Crippen molar-refractivity contribution in [3.8, 4) is 0 Å². The third-order valence-corrected chi connectivity index (χ3v) is 6.33. The van der Waals surface area contributed by atoms with Crippen molar-refractivity contribution >= 4 is 5.91 Å². The molecule has 0 aromatic carbocycles. The van der Waals surface area contributed by atoms with E-state index < -0.39 is 0 Å². The highest BCUT2D eigenvalue weighted by Crippen LogP contribution is 2.31. The van der Waals surface area contributed by atoms with Crippen LogP contribution < -0.4 is 5.73 Å². The molecule has 1 saturated heterocycles. The van der Waals surface area contributed by atoms with Crippen molar-refractivity contribution in [3.63, 3.8) is 0 Å². The third-order valence-electron chi connectivity index (χ3n) is 6.33. The van der Waals surface area contributed by atoms with E-state index in [4.69, 9.17) is 10.5 Å². The van der Waals surface area contributed by atoms with Gasteiger partial charge in [0.1, 0.15) is 0 Å². The predicted octanol–water partition coefficient (Wildman–Crippen LogP) is 3.09. The number of hydrogen-bond acceptors (Lipinski definition) is 3. The van der Waals surface area contributed by atoms with E-state index in [1.807, 2.05) is 0 Å². The molecule has 3 fully saturated rings. The molecule has 132 valence electrons. The van der Waals surface area contributed by atoms with Gasteiger partial charge in [0.25, 0.3) is 0 Å². The molecule has 0 radical (unpaired) electrons. The molecule has 2 aliphatic carbocycles. The molecule has 1 aliphatic heterocycles. The van der Waals surface area contributed by atoms with Gasteiger partial charge in [0.05, 0.1) is 6.10 Å². The van der Waals surface area contributed by atoms with E-state index in [9.17, 15) is 4.79 Å². The lowest BCUT2D eigenvalue weighted by atomic mass is 9.86. The first kappa shape index (κ1) is 17.2. The van der Waals surface area contributed by atoms with E-state index in [1.165, 1.54) is 19.3 Å². The minimum atomic E-state index is 0.231. The van der Waals surface area contributed by atoms with E-state index in [-0.39, 0.29) is 12.1 Å². The molecule has 23 heavy (non-hydrogen) atoms. The first-order valence-electron chi connectivity index (χ1n) is 9.80. The molecule has 0 bridgehead atoms. The standard InChI is InChI=1S/C19H34N2O2/c1-14-7-9-16(10-8-14)21(13-17-5-3-11-23-17)19(22)12-15-4-2-6-18(15)20/h14-18H,2-13,20H2,1H3/t14?,15-,16?,17?,18+/m0/s1. The Balaban J connectivity index is 1.62. The minimum Gasteiger partial charge on any atom is -0.376 e. The molecule has 4 nitrogen and oxygen atoms in total. The van der Waals surface area contributed by atoms with Gasteiger partial charge < -0.3 is 15.4 Å². The van der Waals surface area contributed by atoms with Crippen LogP contribution in [0, 0.1) is 11.8 Å². The van der Waals surface area contributed by atoms with Gasteiger partial charge in [-0.25, -0.2) is 0 Å². The summed E-state index contributed by atoms with van der Waals surface area (Å²) in [5.74, 6) is 1.55. The Morgan fingerprint density at radius 1 is 1.09 bits per heavy atom. The normalized spacial score (nSPS) is 37.9. The molecular formula is C19H34N2O2. The Morgan fingerprint density at radius 2 is 1.87 bits per heavy atom. The number of hydrogen-bond donors (Lipinski definition) is 1. The third kappa shape index (κ3) is 4.48. The van der Waals surface area contributed by atoms with Gasteiger partial charge in [-0.3, -0.25) is 4.79 Å². The molecular weight excluding hydrogens is 288 g/mol. The molecule has 4 heteroatoms. The highest BCUT2D eigenvalue weighted by molar-refractivity contribution is 5.77. The number of nitrogens with two attached hydrogens (primary N) is 1. The van der Waals surface area contributed by atoms with Crippen LogP contribution >= 0.6 is 0 Å². The summed E-state index contributed by atoms with van der Waals surface area (Å²) in [6.45, 7) is 4.00. The van der Waals surface area contributed by atoms with Gasteiger partial charge in [-0.2, -0.15) is 0 Å². The lowest BCUT2D eigenvalue weighted by molar-refractivity contribution is -0.137. The molecule has 1 amide bonds. The van der Waals surface area contributed by atoms with Crippen LogP contribution in [0.2, 0.25) is 0 Å². The summed E-state index contributed by atoms with van der Waals surface area (Å²) in [6, 6.07) is 0.662. The topological polar surface area (TPSA) is 55.6 Å². The van der Waals surface area contributed by atoms with Gasteiger partial charge >= 0.3 is 0 Å². The Bertz CT molecular complexity index is 387. The van der Waals surface area contributed by atoms with Crippen molar-refractivity contribution in [3.05, 3.63) is 0 Å². The number of nitrogens with zero attached hydrogens (tertiary/aromatic N) is 1. The monoisotopic (exact) mass is 322 g/mol. The second kappa shape index (κ2) is 7.98. The lowest BCUT2D eigenvalue weighted by Gasteiger charge is -2.38. The first-order chi connectivity index (χ1) is 11.1. The van der Waals surface area contributed by atoms with E-state index in [0.717, 1.165) is 57.6 Å². The van der Waals surface area contributed by atoms with Gasteiger partial charge in [-0.15, -0.1) is 0 Å². The van der Waals surface area contributed by atoms with E-state index >= 15 is 0 Å². The summed E-state index contributed by atoms with van der Waals surface area (Å²) in [7, 11) is 0. The minimum absolute atomic E-state index is 0.231. The number of amides is 1. The molecule has 1 unspecified atom stereocenters. The first-order valence-corrected chi connectivity index (χ1v) is 9.80. The highest BCUT2D eigenvalue weighted by atomic mass is 16.5. The quantitative estimate of drug-likeness (QED) is 0.846. The summed E-state index contributed by atoms with van der Waals surface area (Å²) in [6.07, 6.45) is 11.4. The molecule has 2 saturated carbocycles. The van der Waals surface area contributed by atoms with Crippen molar-refractivity contribution in [1.29, 1.82) is 0 Å². The Kier molecular flexibility index (Phi) is 5.97. The molecule has 0 spiro atoms.